The van der Waals surface area contributed by atoms with E-state index in [2.05, 4.69) is 10.5 Å². The fourth-order valence-electron chi connectivity index (χ4n) is 3.85. The molecule has 0 aliphatic carbocycles. The van der Waals surface area contributed by atoms with Gasteiger partial charge in [0.1, 0.15) is 18.1 Å². The molecule has 3 aromatic rings. The molecule has 0 spiro atoms. The van der Waals surface area contributed by atoms with Crippen LogP contribution >= 0.6 is 0 Å². The van der Waals surface area contributed by atoms with Gasteiger partial charge in [-0.25, -0.2) is 8.78 Å². The second-order valence-electron chi connectivity index (χ2n) is 8.03. The van der Waals surface area contributed by atoms with E-state index in [4.69, 9.17) is 9.26 Å². The van der Waals surface area contributed by atoms with Gasteiger partial charge in [0.25, 0.3) is 5.91 Å². The van der Waals surface area contributed by atoms with E-state index < -0.39 is 11.6 Å². The molecule has 1 aliphatic rings. The van der Waals surface area contributed by atoms with Gasteiger partial charge in [-0.05, 0) is 56.5 Å². The van der Waals surface area contributed by atoms with Gasteiger partial charge in [-0.1, -0.05) is 11.2 Å². The Morgan fingerprint density at radius 1 is 1.22 bits per heavy atom. The molecule has 2 heterocycles. The SMILES string of the molecule is Cc1noc(C)c1COc1cccc(C(=O)NCC2CCN(c3ccc(F)c(F)c3)C2)c1. The van der Waals surface area contributed by atoms with Crippen molar-refractivity contribution in [1.29, 1.82) is 0 Å². The monoisotopic (exact) mass is 441 g/mol. The molecule has 1 saturated heterocycles. The number of amides is 1. The fourth-order valence-corrected chi connectivity index (χ4v) is 3.85. The Morgan fingerprint density at radius 2 is 2.06 bits per heavy atom. The lowest BCUT2D eigenvalue weighted by molar-refractivity contribution is 0.0947. The van der Waals surface area contributed by atoms with Crippen LogP contribution in [0.1, 0.15) is 33.8 Å². The van der Waals surface area contributed by atoms with Crippen LogP contribution in [0.3, 0.4) is 0 Å². The van der Waals surface area contributed by atoms with E-state index in [1.54, 1.807) is 30.3 Å². The van der Waals surface area contributed by atoms with Crippen LogP contribution in [0.5, 0.6) is 5.75 Å². The van der Waals surface area contributed by atoms with Crippen molar-refractivity contribution in [3.8, 4) is 5.75 Å². The van der Waals surface area contributed by atoms with Gasteiger partial charge >= 0.3 is 0 Å². The molecule has 1 N–H and O–H groups in total. The maximum Gasteiger partial charge on any atom is 0.251 e. The van der Waals surface area contributed by atoms with E-state index >= 15 is 0 Å². The molecule has 1 fully saturated rings. The molecule has 0 radical (unpaired) electrons. The first-order valence-corrected chi connectivity index (χ1v) is 10.5. The minimum Gasteiger partial charge on any atom is -0.489 e. The Hall–Kier alpha value is -3.42. The van der Waals surface area contributed by atoms with Crippen LogP contribution in [-0.4, -0.2) is 30.7 Å². The molecule has 6 nitrogen and oxygen atoms in total. The molecule has 8 heteroatoms. The van der Waals surface area contributed by atoms with Gasteiger partial charge in [0.05, 0.1) is 11.3 Å². The highest BCUT2D eigenvalue weighted by molar-refractivity contribution is 5.94. The van der Waals surface area contributed by atoms with Crippen LogP contribution in [0.2, 0.25) is 0 Å². The number of aromatic nitrogens is 1. The Balaban J connectivity index is 1.30. The van der Waals surface area contributed by atoms with Gasteiger partial charge < -0.3 is 19.5 Å². The predicted molar refractivity (Wildman–Crippen MR) is 116 cm³/mol. The Labute approximate surface area is 185 Å². The van der Waals surface area contributed by atoms with Gasteiger partial charge in [0.15, 0.2) is 11.6 Å². The topological polar surface area (TPSA) is 67.6 Å². The molecule has 4 rings (SSSR count). The van der Waals surface area contributed by atoms with Crippen molar-refractivity contribution in [1.82, 2.24) is 10.5 Å². The zero-order valence-electron chi connectivity index (χ0n) is 18.0. The number of carbonyl (C=O) groups excluding carboxylic acids is 1. The number of aryl methyl sites for hydroxylation is 2. The maximum absolute atomic E-state index is 13.5. The zero-order valence-corrected chi connectivity index (χ0v) is 18.0. The summed E-state index contributed by atoms with van der Waals surface area (Å²) in [4.78, 5) is 14.6. The Kier molecular flexibility index (Phi) is 6.39. The third kappa shape index (κ3) is 4.90. The number of anilines is 1. The van der Waals surface area contributed by atoms with E-state index in [1.165, 1.54) is 6.07 Å². The molecule has 0 bridgehead atoms. The van der Waals surface area contributed by atoms with Crippen molar-refractivity contribution in [2.24, 2.45) is 5.92 Å². The number of ether oxygens (including phenoxy) is 1. The van der Waals surface area contributed by atoms with Crippen molar-refractivity contribution < 1.29 is 22.8 Å². The van der Waals surface area contributed by atoms with Crippen LogP contribution in [-0.2, 0) is 6.61 Å². The van der Waals surface area contributed by atoms with Crippen LogP contribution in [0.25, 0.3) is 0 Å². The summed E-state index contributed by atoms with van der Waals surface area (Å²) >= 11 is 0. The highest BCUT2D eigenvalue weighted by Gasteiger charge is 2.24. The van der Waals surface area contributed by atoms with Crippen molar-refractivity contribution in [2.45, 2.75) is 26.9 Å². The molecular weight excluding hydrogens is 416 g/mol. The number of nitrogens with zero attached hydrogens (tertiary/aromatic N) is 2. The third-order valence-corrected chi connectivity index (χ3v) is 5.77. The summed E-state index contributed by atoms with van der Waals surface area (Å²) in [7, 11) is 0. The van der Waals surface area contributed by atoms with Crippen LogP contribution < -0.4 is 15.0 Å². The summed E-state index contributed by atoms with van der Waals surface area (Å²) in [5, 5.41) is 6.88. The van der Waals surface area contributed by atoms with Crippen molar-refractivity contribution in [2.75, 3.05) is 24.5 Å². The molecule has 1 aliphatic heterocycles. The standard InChI is InChI=1S/C24H25F2N3O3/c1-15-21(16(2)32-28-15)14-31-20-5-3-4-18(10-20)24(30)27-12-17-8-9-29(13-17)19-6-7-22(25)23(26)11-19/h3-7,10-11,17H,8-9,12-14H2,1-2H3,(H,27,30). The number of benzene rings is 2. The van der Waals surface area contributed by atoms with Crippen molar-refractivity contribution >= 4 is 11.6 Å². The molecule has 2 aromatic carbocycles. The molecule has 1 aromatic heterocycles. The number of nitrogens with one attached hydrogen (secondary N) is 1. The average molecular weight is 441 g/mol. The quantitative estimate of drug-likeness (QED) is 0.589. The highest BCUT2D eigenvalue weighted by atomic mass is 19.2. The molecule has 32 heavy (non-hydrogen) atoms. The third-order valence-electron chi connectivity index (χ3n) is 5.77. The van der Waals surface area contributed by atoms with Gasteiger partial charge in [0, 0.05) is 37.0 Å². The second kappa shape index (κ2) is 9.38. The smallest absolute Gasteiger partial charge is 0.251 e. The summed E-state index contributed by atoms with van der Waals surface area (Å²) in [6.07, 6.45) is 0.861. The van der Waals surface area contributed by atoms with E-state index in [0.29, 0.717) is 42.5 Å². The van der Waals surface area contributed by atoms with Gasteiger partial charge in [0.2, 0.25) is 0 Å². The van der Waals surface area contributed by atoms with Crippen LogP contribution in [0.15, 0.2) is 47.0 Å². The number of halogens is 2. The first-order valence-electron chi connectivity index (χ1n) is 10.5. The van der Waals surface area contributed by atoms with E-state index in [0.717, 1.165) is 30.3 Å². The van der Waals surface area contributed by atoms with Crippen molar-refractivity contribution in [3.05, 3.63) is 76.7 Å². The largest absolute Gasteiger partial charge is 0.489 e. The zero-order chi connectivity index (χ0) is 22.7. The molecule has 1 amide bonds. The fraction of sp³-hybridized carbons (Fsp3) is 0.333. The van der Waals surface area contributed by atoms with Gasteiger partial charge in [-0.15, -0.1) is 0 Å². The maximum atomic E-state index is 13.5. The van der Waals surface area contributed by atoms with E-state index in [9.17, 15) is 13.6 Å². The summed E-state index contributed by atoms with van der Waals surface area (Å²) in [5.41, 5.74) is 2.84. The number of hydrogen-bond donors (Lipinski definition) is 1. The average Bonchev–Trinajstić information content (AvgIpc) is 3.39. The van der Waals surface area contributed by atoms with Gasteiger partial charge in [-0.3, -0.25) is 4.79 Å². The normalized spacial score (nSPS) is 15.8. The summed E-state index contributed by atoms with van der Waals surface area (Å²) in [6.45, 7) is 5.91. The van der Waals surface area contributed by atoms with Crippen LogP contribution in [0.4, 0.5) is 14.5 Å². The lowest BCUT2D eigenvalue weighted by atomic mass is 10.1. The lowest BCUT2D eigenvalue weighted by Gasteiger charge is -2.19. The van der Waals surface area contributed by atoms with E-state index in [1.807, 2.05) is 18.7 Å². The minimum absolute atomic E-state index is 0.181. The number of hydrogen-bond acceptors (Lipinski definition) is 5. The molecule has 1 unspecified atom stereocenters. The summed E-state index contributed by atoms with van der Waals surface area (Å²) in [5.74, 6) is -0.358. The molecule has 1 atom stereocenters. The highest BCUT2D eigenvalue weighted by Crippen LogP contribution is 2.25. The lowest BCUT2D eigenvalue weighted by Crippen LogP contribution is -2.31. The Bertz CT molecular complexity index is 1100. The number of carbonyl (C=O) groups is 1. The Morgan fingerprint density at radius 3 is 2.81 bits per heavy atom. The predicted octanol–water partition coefficient (Wildman–Crippen LogP) is 4.40. The summed E-state index contributed by atoms with van der Waals surface area (Å²) < 4.78 is 37.6. The second-order valence-corrected chi connectivity index (χ2v) is 8.03. The first kappa shape index (κ1) is 21.8. The first-order chi connectivity index (χ1) is 15.4. The van der Waals surface area contributed by atoms with E-state index in [-0.39, 0.29) is 11.8 Å². The molecule has 168 valence electrons. The van der Waals surface area contributed by atoms with Crippen LogP contribution in [0, 0.1) is 31.4 Å². The molecular formula is C24H25F2N3O3. The summed E-state index contributed by atoms with van der Waals surface area (Å²) in [6, 6.07) is 10.9. The molecule has 0 saturated carbocycles. The van der Waals surface area contributed by atoms with Crippen molar-refractivity contribution in [3.63, 3.8) is 0 Å². The minimum atomic E-state index is -0.852. The number of rotatable bonds is 7. The van der Waals surface area contributed by atoms with Gasteiger partial charge in [-0.2, -0.15) is 0 Å².